The lowest BCUT2D eigenvalue weighted by Gasteiger charge is -2.08. The van der Waals surface area contributed by atoms with E-state index in [2.05, 4.69) is 19.1 Å². The predicted octanol–water partition coefficient (Wildman–Crippen LogP) is 3.69. The highest BCUT2D eigenvalue weighted by molar-refractivity contribution is 5.61. The van der Waals surface area contributed by atoms with E-state index in [0.717, 1.165) is 16.8 Å². The lowest BCUT2D eigenvalue weighted by Crippen LogP contribution is -2.30. The van der Waals surface area contributed by atoms with Crippen LogP contribution in [0.1, 0.15) is 27.7 Å². The lowest BCUT2D eigenvalue weighted by molar-refractivity contribution is -0.660. The zero-order valence-corrected chi connectivity index (χ0v) is 11.6. The first-order valence-corrected chi connectivity index (χ1v) is 6.40. The molecule has 1 heteroatoms. The molecule has 1 aromatic carbocycles. The Labute approximate surface area is 113 Å². The van der Waals surface area contributed by atoms with Gasteiger partial charge in [-0.2, -0.15) is 0 Å². The smallest absolute Gasteiger partial charge is 0.201 e. The van der Waals surface area contributed by atoms with Crippen LogP contribution in [0.15, 0.2) is 42.6 Å². The van der Waals surface area contributed by atoms with Gasteiger partial charge in [-0.05, 0) is 36.4 Å². The van der Waals surface area contributed by atoms with Crippen molar-refractivity contribution in [3.63, 3.8) is 0 Å². The Kier molecular flexibility index (Phi) is 3.06. The predicted molar refractivity (Wildman–Crippen MR) is 76.3 cm³/mol. The van der Waals surface area contributed by atoms with Gasteiger partial charge in [0.1, 0.15) is 7.05 Å². The first kappa shape index (κ1) is 10.3. The van der Waals surface area contributed by atoms with E-state index in [1.54, 1.807) is 0 Å². The van der Waals surface area contributed by atoms with Crippen molar-refractivity contribution in [1.82, 2.24) is 0 Å². The molecular formula is C17H22N+. The van der Waals surface area contributed by atoms with Crippen LogP contribution in [-0.2, 0) is 13.4 Å². The third-order valence-electron chi connectivity index (χ3n) is 3.03. The Balaban J connectivity index is 2.59. The third-order valence-corrected chi connectivity index (χ3v) is 3.03. The van der Waals surface area contributed by atoms with Crippen molar-refractivity contribution in [2.24, 2.45) is 13.0 Å². The fraction of sp³-hybridized carbons (Fsp3) is 0.353. The molecule has 1 aromatic heterocycles. The molecule has 0 spiro atoms. The first-order valence-electron chi connectivity index (χ1n) is 7.40. The van der Waals surface area contributed by atoms with Gasteiger partial charge in [0.15, 0.2) is 6.20 Å². The van der Waals surface area contributed by atoms with Crippen molar-refractivity contribution < 1.29 is 7.31 Å². The average Bonchev–Trinajstić information content (AvgIpc) is 2.40. The van der Waals surface area contributed by atoms with Gasteiger partial charge in [0.25, 0.3) is 0 Å². The standard InChI is InChI=1S/C17H22N/c1-13(2)11-15-9-10-18(4)17(12-15)16-8-6-5-7-14(16)3/h5-10,12-13H,11H2,1-4H3/q+1/i11D2. The fourth-order valence-corrected chi connectivity index (χ4v) is 2.12. The summed E-state index contributed by atoms with van der Waals surface area (Å²) < 4.78 is 18.6. The van der Waals surface area contributed by atoms with Crippen molar-refractivity contribution in [1.29, 1.82) is 0 Å². The highest BCUT2D eigenvalue weighted by atomic mass is 14.9. The van der Waals surface area contributed by atoms with Crippen LogP contribution in [0.4, 0.5) is 0 Å². The van der Waals surface area contributed by atoms with Gasteiger partial charge in [0.05, 0.1) is 0 Å². The maximum Gasteiger partial charge on any atom is 0.212 e. The molecule has 0 amide bonds. The van der Waals surface area contributed by atoms with Crippen LogP contribution in [0.3, 0.4) is 0 Å². The summed E-state index contributed by atoms with van der Waals surface area (Å²) in [5.41, 5.74) is 4.13. The second kappa shape index (κ2) is 5.34. The van der Waals surface area contributed by atoms with Crippen molar-refractivity contribution in [2.75, 3.05) is 0 Å². The van der Waals surface area contributed by atoms with Crippen LogP contribution in [-0.4, -0.2) is 0 Å². The molecule has 0 aliphatic carbocycles. The van der Waals surface area contributed by atoms with Crippen molar-refractivity contribution in [2.45, 2.75) is 27.1 Å². The minimum atomic E-state index is -1.31. The van der Waals surface area contributed by atoms with Gasteiger partial charge in [-0.3, -0.25) is 0 Å². The topological polar surface area (TPSA) is 3.88 Å². The Bertz CT molecular complexity index is 618. The molecule has 1 heterocycles. The monoisotopic (exact) mass is 242 g/mol. The molecule has 0 unspecified atom stereocenters. The normalized spacial score (nSPS) is 13.4. The van der Waals surface area contributed by atoms with Gasteiger partial charge in [-0.1, -0.05) is 32.0 Å². The quantitative estimate of drug-likeness (QED) is 0.723. The van der Waals surface area contributed by atoms with E-state index in [1.807, 2.05) is 55.9 Å². The maximum absolute atomic E-state index is 8.26. The number of benzene rings is 1. The van der Waals surface area contributed by atoms with E-state index < -0.39 is 6.37 Å². The number of nitrogens with zero attached hydrogens (tertiary/aromatic N) is 1. The molecule has 94 valence electrons. The number of hydrogen-bond acceptors (Lipinski definition) is 0. The molecule has 0 saturated heterocycles. The van der Waals surface area contributed by atoms with Crippen LogP contribution >= 0.6 is 0 Å². The number of hydrogen-bond donors (Lipinski definition) is 0. The van der Waals surface area contributed by atoms with Gasteiger partial charge in [0, 0.05) is 20.4 Å². The van der Waals surface area contributed by atoms with E-state index in [9.17, 15) is 0 Å². The van der Waals surface area contributed by atoms with Gasteiger partial charge >= 0.3 is 0 Å². The van der Waals surface area contributed by atoms with E-state index in [1.165, 1.54) is 5.56 Å². The van der Waals surface area contributed by atoms with Crippen LogP contribution < -0.4 is 4.57 Å². The number of aryl methyl sites for hydroxylation is 2. The summed E-state index contributed by atoms with van der Waals surface area (Å²) in [6.45, 7) is 5.92. The summed E-state index contributed by atoms with van der Waals surface area (Å²) in [6.07, 6.45) is 0.628. The Morgan fingerprint density at radius 2 is 1.94 bits per heavy atom. The number of pyridine rings is 1. The summed E-state index contributed by atoms with van der Waals surface area (Å²) >= 11 is 0. The largest absolute Gasteiger partial charge is 0.212 e. The Morgan fingerprint density at radius 3 is 2.61 bits per heavy atom. The SMILES string of the molecule is [2H]C([2H])(c1cc[n+](C)c(-c2ccccc2C)c1)C(C)C. The van der Waals surface area contributed by atoms with Crippen LogP contribution in [0.25, 0.3) is 11.3 Å². The van der Waals surface area contributed by atoms with Crippen LogP contribution in [0.5, 0.6) is 0 Å². The van der Waals surface area contributed by atoms with E-state index in [4.69, 9.17) is 2.74 Å². The lowest BCUT2D eigenvalue weighted by atomic mass is 9.99. The first-order chi connectivity index (χ1) is 9.34. The van der Waals surface area contributed by atoms with E-state index in [-0.39, 0.29) is 5.92 Å². The molecule has 0 aliphatic heterocycles. The average molecular weight is 242 g/mol. The zero-order valence-electron chi connectivity index (χ0n) is 13.6. The molecule has 0 fully saturated rings. The molecule has 0 saturated carbocycles. The summed E-state index contributed by atoms with van der Waals surface area (Å²) in [7, 11) is 2.00. The molecule has 0 N–H and O–H groups in total. The fourth-order valence-electron chi connectivity index (χ4n) is 2.12. The van der Waals surface area contributed by atoms with E-state index in [0.29, 0.717) is 0 Å². The molecular weight excluding hydrogens is 218 g/mol. The van der Waals surface area contributed by atoms with Crippen molar-refractivity contribution >= 4 is 0 Å². The molecule has 0 aliphatic rings. The second-order valence-corrected chi connectivity index (χ2v) is 5.03. The molecule has 18 heavy (non-hydrogen) atoms. The molecule has 0 radical (unpaired) electrons. The maximum atomic E-state index is 8.26. The summed E-state index contributed by atoms with van der Waals surface area (Å²) in [5, 5.41) is 0. The highest BCUT2D eigenvalue weighted by Gasteiger charge is 2.13. The van der Waals surface area contributed by atoms with Crippen LogP contribution in [0.2, 0.25) is 0 Å². The third kappa shape index (κ3) is 2.79. The zero-order chi connectivity index (χ0) is 14.9. The number of aromatic nitrogens is 1. The molecule has 2 rings (SSSR count). The van der Waals surface area contributed by atoms with Gasteiger partial charge in [0.2, 0.25) is 5.69 Å². The summed E-state index contributed by atoms with van der Waals surface area (Å²) in [6, 6.07) is 12.1. The van der Waals surface area contributed by atoms with Crippen molar-refractivity contribution in [3.8, 4) is 11.3 Å². The Morgan fingerprint density at radius 1 is 1.22 bits per heavy atom. The molecule has 0 bridgehead atoms. The van der Waals surface area contributed by atoms with Gasteiger partial charge in [-0.15, -0.1) is 0 Å². The Hall–Kier alpha value is -1.63. The van der Waals surface area contributed by atoms with Gasteiger partial charge in [-0.25, -0.2) is 4.57 Å². The van der Waals surface area contributed by atoms with Crippen molar-refractivity contribution in [3.05, 3.63) is 53.7 Å². The summed E-state index contributed by atoms with van der Waals surface area (Å²) in [4.78, 5) is 0. The highest BCUT2D eigenvalue weighted by Crippen LogP contribution is 2.21. The van der Waals surface area contributed by atoms with Gasteiger partial charge < -0.3 is 0 Å². The molecule has 2 aromatic rings. The molecule has 0 atom stereocenters. The molecule has 1 nitrogen and oxygen atoms in total. The van der Waals surface area contributed by atoms with E-state index >= 15 is 0 Å². The second-order valence-electron chi connectivity index (χ2n) is 5.03. The van der Waals surface area contributed by atoms with Crippen LogP contribution in [0, 0.1) is 12.8 Å². The minimum absolute atomic E-state index is 0.0556. The summed E-state index contributed by atoms with van der Waals surface area (Å²) in [5.74, 6) is -0.0556. The minimum Gasteiger partial charge on any atom is -0.201 e. The number of rotatable bonds is 3.